The maximum atomic E-state index is 10.9. The molecule has 0 aliphatic heterocycles. The molecule has 0 aromatic carbocycles. The Morgan fingerprint density at radius 3 is 1.93 bits per heavy atom. The van der Waals surface area contributed by atoms with Crippen LogP contribution >= 0.6 is 0 Å². The van der Waals surface area contributed by atoms with Gasteiger partial charge in [0.05, 0.1) is 11.1 Å². The lowest BCUT2D eigenvalue weighted by molar-refractivity contribution is -0.136. The van der Waals surface area contributed by atoms with Crippen LogP contribution < -0.4 is 0 Å². The molecule has 0 aromatic rings. The summed E-state index contributed by atoms with van der Waals surface area (Å²) in [7, 11) is 0. The van der Waals surface area contributed by atoms with Gasteiger partial charge in [-0.25, -0.2) is 9.59 Å². The second kappa shape index (κ2) is 6.01. The lowest BCUT2D eigenvalue weighted by Gasteiger charge is -2.05. The highest BCUT2D eigenvalue weighted by molar-refractivity contribution is 6.06. The molecule has 84 valence electrons. The molecule has 0 bridgehead atoms. The van der Waals surface area contributed by atoms with Crippen LogP contribution in [0.3, 0.4) is 0 Å². The van der Waals surface area contributed by atoms with Crippen LogP contribution in [0.25, 0.3) is 0 Å². The number of carbonyl (C=O) groups is 2. The predicted molar refractivity (Wildman–Crippen MR) is 56.6 cm³/mol. The highest BCUT2D eigenvalue weighted by Gasteiger charge is 2.20. The molecule has 4 heteroatoms. The normalized spacial score (nSPS) is 11.0. The summed E-state index contributed by atoms with van der Waals surface area (Å²) in [5.41, 5.74) is 0.257. The number of hydrogen-bond donors (Lipinski definition) is 2. The van der Waals surface area contributed by atoms with Gasteiger partial charge in [-0.1, -0.05) is 25.0 Å². The Morgan fingerprint density at radius 2 is 1.67 bits per heavy atom. The maximum absolute atomic E-state index is 10.9. The number of hydrogen-bond acceptors (Lipinski definition) is 2. The molecule has 0 aliphatic rings. The van der Waals surface area contributed by atoms with Crippen molar-refractivity contribution in [3.8, 4) is 0 Å². The van der Waals surface area contributed by atoms with Crippen molar-refractivity contribution in [3.05, 3.63) is 22.8 Å². The first kappa shape index (κ1) is 13.4. The molecule has 4 nitrogen and oxygen atoms in total. The third kappa shape index (κ3) is 3.97. The van der Waals surface area contributed by atoms with Crippen molar-refractivity contribution in [3.63, 3.8) is 0 Å². The van der Waals surface area contributed by atoms with Crippen molar-refractivity contribution in [1.29, 1.82) is 0 Å². The summed E-state index contributed by atoms with van der Waals surface area (Å²) in [6.07, 6.45) is 2.80. The van der Waals surface area contributed by atoms with E-state index in [1.54, 1.807) is 13.8 Å². The average Bonchev–Trinajstić information content (AvgIpc) is 2.09. The minimum absolute atomic E-state index is 0.115. The molecule has 0 fully saturated rings. The van der Waals surface area contributed by atoms with E-state index < -0.39 is 11.9 Å². The molecular formula is C11H16O4. The van der Waals surface area contributed by atoms with Gasteiger partial charge in [0.15, 0.2) is 0 Å². The molecule has 0 unspecified atom stereocenters. The summed E-state index contributed by atoms with van der Waals surface area (Å²) < 4.78 is 0. The largest absolute Gasteiger partial charge is 0.478 e. The molecular weight excluding hydrogens is 196 g/mol. The van der Waals surface area contributed by atoms with Gasteiger partial charge in [0.2, 0.25) is 0 Å². The van der Waals surface area contributed by atoms with Crippen molar-refractivity contribution in [2.45, 2.75) is 33.6 Å². The van der Waals surface area contributed by atoms with Crippen LogP contribution in [0.5, 0.6) is 0 Å². The number of aliphatic carboxylic acids is 2. The second-order valence-corrected chi connectivity index (χ2v) is 3.39. The van der Waals surface area contributed by atoms with Gasteiger partial charge in [-0.3, -0.25) is 0 Å². The smallest absolute Gasteiger partial charge is 0.336 e. The van der Waals surface area contributed by atoms with Gasteiger partial charge in [-0.05, 0) is 20.3 Å². The fraction of sp³-hybridized carbons (Fsp3) is 0.455. The van der Waals surface area contributed by atoms with E-state index in [4.69, 9.17) is 10.2 Å². The molecule has 0 amide bonds. The summed E-state index contributed by atoms with van der Waals surface area (Å²) in [6, 6.07) is 0. The van der Waals surface area contributed by atoms with Gasteiger partial charge in [-0.2, -0.15) is 0 Å². The number of unbranched alkanes of at least 4 members (excludes halogenated alkanes) is 1. The van der Waals surface area contributed by atoms with Crippen LogP contribution in [0.1, 0.15) is 33.6 Å². The fourth-order valence-corrected chi connectivity index (χ4v) is 1.18. The second-order valence-electron chi connectivity index (χ2n) is 3.39. The summed E-state index contributed by atoms with van der Waals surface area (Å²) in [4.78, 5) is 21.8. The first-order chi connectivity index (χ1) is 6.91. The van der Waals surface area contributed by atoms with Crippen molar-refractivity contribution in [2.24, 2.45) is 0 Å². The quantitative estimate of drug-likeness (QED) is 0.541. The van der Waals surface area contributed by atoms with E-state index in [1.165, 1.54) is 6.08 Å². The Labute approximate surface area is 88.9 Å². The molecule has 0 radical (unpaired) electrons. The zero-order chi connectivity index (χ0) is 12.0. The van der Waals surface area contributed by atoms with E-state index in [9.17, 15) is 9.59 Å². The van der Waals surface area contributed by atoms with Gasteiger partial charge in [0, 0.05) is 0 Å². The predicted octanol–water partition coefficient (Wildman–Crippen LogP) is 2.22. The molecule has 0 heterocycles. The number of rotatable bonds is 5. The minimum Gasteiger partial charge on any atom is -0.478 e. The van der Waals surface area contributed by atoms with Crippen LogP contribution in [0.15, 0.2) is 22.8 Å². The van der Waals surface area contributed by atoms with Crippen molar-refractivity contribution in [1.82, 2.24) is 0 Å². The monoisotopic (exact) mass is 212 g/mol. The third-order valence-electron chi connectivity index (χ3n) is 1.85. The Hall–Kier alpha value is -1.58. The third-order valence-corrected chi connectivity index (χ3v) is 1.85. The summed E-state index contributed by atoms with van der Waals surface area (Å²) in [5.74, 6) is -2.39. The van der Waals surface area contributed by atoms with Gasteiger partial charge in [-0.15, -0.1) is 0 Å². The van der Waals surface area contributed by atoms with Gasteiger partial charge < -0.3 is 10.2 Å². The maximum Gasteiger partial charge on any atom is 0.336 e. The Morgan fingerprint density at radius 1 is 1.13 bits per heavy atom. The fourth-order valence-electron chi connectivity index (χ4n) is 1.18. The van der Waals surface area contributed by atoms with Gasteiger partial charge in [0.1, 0.15) is 0 Å². The van der Waals surface area contributed by atoms with Crippen LogP contribution in [0, 0.1) is 0 Å². The lowest BCUT2D eigenvalue weighted by Crippen LogP contribution is -2.12. The molecule has 0 aliphatic carbocycles. The van der Waals surface area contributed by atoms with Crippen LogP contribution in [0.4, 0.5) is 0 Å². The van der Waals surface area contributed by atoms with Crippen molar-refractivity contribution < 1.29 is 19.8 Å². The van der Waals surface area contributed by atoms with E-state index in [0.717, 1.165) is 6.42 Å². The van der Waals surface area contributed by atoms with E-state index in [2.05, 4.69) is 0 Å². The Kier molecular flexibility index (Phi) is 5.37. The van der Waals surface area contributed by atoms with Crippen LogP contribution in [-0.2, 0) is 9.59 Å². The van der Waals surface area contributed by atoms with Crippen molar-refractivity contribution in [2.75, 3.05) is 0 Å². The lowest BCUT2D eigenvalue weighted by atomic mass is 10.0. The minimum atomic E-state index is -1.19. The molecule has 0 aromatic heterocycles. The Bertz CT molecular complexity index is 319. The Balaban J connectivity index is 5.33. The molecule has 0 rings (SSSR count). The van der Waals surface area contributed by atoms with E-state index in [-0.39, 0.29) is 11.1 Å². The first-order valence-electron chi connectivity index (χ1n) is 4.76. The molecule has 0 saturated carbocycles. The van der Waals surface area contributed by atoms with Gasteiger partial charge >= 0.3 is 11.9 Å². The SMILES string of the molecule is CCCC=C(C(=O)O)C(C(=O)O)=C(C)C. The average molecular weight is 212 g/mol. The number of allylic oxidation sites excluding steroid dienone is 2. The summed E-state index contributed by atoms with van der Waals surface area (Å²) in [6.45, 7) is 5.08. The summed E-state index contributed by atoms with van der Waals surface area (Å²) in [5, 5.41) is 17.8. The number of carboxylic acids is 2. The molecule has 0 saturated heterocycles. The van der Waals surface area contributed by atoms with Gasteiger partial charge in [0.25, 0.3) is 0 Å². The highest BCUT2D eigenvalue weighted by atomic mass is 16.4. The molecule has 0 atom stereocenters. The van der Waals surface area contributed by atoms with E-state index in [0.29, 0.717) is 12.0 Å². The van der Waals surface area contributed by atoms with E-state index >= 15 is 0 Å². The topological polar surface area (TPSA) is 74.6 Å². The zero-order valence-electron chi connectivity index (χ0n) is 9.20. The number of carboxylic acid groups (broad SMARTS) is 2. The standard InChI is InChI=1S/C11H16O4/c1-4-5-6-8(10(12)13)9(7(2)3)11(14)15/h6H,4-5H2,1-3H3,(H,12,13)(H,14,15). The zero-order valence-corrected chi connectivity index (χ0v) is 9.20. The molecule has 0 spiro atoms. The van der Waals surface area contributed by atoms with Crippen LogP contribution in [0.2, 0.25) is 0 Å². The summed E-state index contributed by atoms with van der Waals surface area (Å²) >= 11 is 0. The molecule has 2 N–H and O–H groups in total. The molecule has 15 heavy (non-hydrogen) atoms. The van der Waals surface area contributed by atoms with Crippen molar-refractivity contribution >= 4 is 11.9 Å². The highest BCUT2D eigenvalue weighted by Crippen LogP contribution is 2.16. The van der Waals surface area contributed by atoms with Crippen LogP contribution in [-0.4, -0.2) is 22.2 Å². The van der Waals surface area contributed by atoms with E-state index in [1.807, 2.05) is 6.92 Å². The first-order valence-corrected chi connectivity index (χ1v) is 4.76.